The molecule has 2 aliphatic rings. The number of fused-ring (bicyclic) bond motifs is 4. The highest BCUT2D eigenvalue weighted by Gasteiger charge is 2.54. The van der Waals surface area contributed by atoms with Gasteiger partial charge in [0, 0.05) is 11.8 Å². The van der Waals surface area contributed by atoms with Crippen LogP contribution in [-0.4, -0.2) is 69.4 Å². The number of aromatic nitrogens is 2. The predicted octanol–water partition coefficient (Wildman–Crippen LogP) is -1.29. The Balaban J connectivity index is 2.08. The summed E-state index contributed by atoms with van der Waals surface area (Å²) < 4.78 is 40.8. The summed E-state index contributed by atoms with van der Waals surface area (Å²) in [5, 5.41) is 13.3. The molecule has 0 radical (unpaired) electrons. The largest absolute Gasteiger partial charge is 0.480 e. The molecule has 2 N–H and O–H groups in total. The number of methoxy groups -OCH3 is 1. The standard InChI is InChI=1S/C11H12N4O9S/c1-23-10(18)9-8-5(2-13(12-8)4-7(16)17)6-3-14(9)11(19)15(6)24-25(20,21)22/h2,6,9H,3-4H2,1H3,(H,16,17)(H,20,21,22). The van der Waals surface area contributed by atoms with Crippen LogP contribution < -0.4 is 0 Å². The predicted molar refractivity (Wildman–Crippen MR) is 73.9 cm³/mol. The number of hydroxylamine groups is 2. The Morgan fingerprint density at radius 3 is 2.68 bits per heavy atom. The van der Waals surface area contributed by atoms with E-state index in [0.29, 0.717) is 5.06 Å². The van der Waals surface area contributed by atoms with Gasteiger partial charge in [-0.15, -0.1) is 4.28 Å². The lowest BCUT2D eigenvalue weighted by atomic mass is 9.98. The van der Waals surface area contributed by atoms with Crippen molar-refractivity contribution in [3.63, 3.8) is 0 Å². The van der Waals surface area contributed by atoms with Crippen LogP contribution in [0.1, 0.15) is 23.3 Å². The highest BCUT2D eigenvalue weighted by atomic mass is 32.3. The summed E-state index contributed by atoms with van der Waals surface area (Å²) in [5.74, 6) is -2.04. The third-order valence-electron chi connectivity index (χ3n) is 3.73. The highest BCUT2D eigenvalue weighted by molar-refractivity contribution is 7.80. The Bertz CT molecular complexity index is 863. The Morgan fingerprint density at radius 2 is 2.12 bits per heavy atom. The number of carboxylic acid groups (broad SMARTS) is 1. The number of carboxylic acids is 1. The Morgan fingerprint density at radius 1 is 1.44 bits per heavy atom. The van der Waals surface area contributed by atoms with E-state index in [2.05, 4.69) is 14.1 Å². The number of hydrogen-bond donors (Lipinski definition) is 2. The van der Waals surface area contributed by atoms with Gasteiger partial charge in [-0.25, -0.2) is 9.59 Å². The van der Waals surface area contributed by atoms with Crippen molar-refractivity contribution in [1.82, 2.24) is 19.7 Å². The van der Waals surface area contributed by atoms with Crippen molar-refractivity contribution in [2.24, 2.45) is 0 Å². The lowest BCUT2D eigenvalue weighted by molar-refractivity contribution is -0.146. The van der Waals surface area contributed by atoms with Crippen molar-refractivity contribution in [3.05, 3.63) is 17.5 Å². The van der Waals surface area contributed by atoms with Gasteiger partial charge in [0.15, 0.2) is 6.04 Å². The van der Waals surface area contributed by atoms with E-state index in [1.165, 1.54) is 6.20 Å². The molecule has 3 rings (SSSR count). The first kappa shape index (κ1) is 17.1. The summed E-state index contributed by atoms with van der Waals surface area (Å²) in [7, 11) is -3.90. The molecular formula is C11H12N4O9S. The Hall–Kier alpha value is -2.71. The molecular weight excluding hydrogens is 364 g/mol. The molecule has 2 unspecified atom stereocenters. The van der Waals surface area contributed by atoms with Crippen molar-refractivity contribution >= 4 is 28.4 Å². The van der Waals surface area contributed by atoms with E-state index in [-0.39, 0.29) is 17.8 Å². The van der Waals surface area contributed by atoms with Gasteiger partial charge >= 0.3 is 28.4 Å². The van der Waals surface area contributed by atoms with Crippen LogP contribution in [0.2, 0.25) is 0 Å². The average Bonchev–Trinajstić information content (AvgIpc) is 3.01. The Labute approximate surface area is 140 Å². The summed E-state index contributed by atoms with van der Waals surface area (Å²) in [6, 6.07) is -3.29. The number of carbonyl (C=O) groups excluding carboxylic acids is 2. The zero-order valence-corrected chi connectivity index (χ0v) is 13.4. The molecule has 0 saturated carbocycles. The van der Waals surface area contributed by atoms with Gasteiger partial charge in [0.2, 0.25) is 0 Å². The molecule has 14 heteroatoms. The van der Waals surface area contributed by atoms with Crippen LogP contribution in [0.4, 0.5) is 4.79 Å². The molecule has 2 atom stereocenters. The topological polar surface area (TPSA) is 169 Å². The minimum atomic E-state index is -5.00. The van der Waals surface area contributed by atoms with Crippen LogP contribution >= 0.6 is 0 Å². The van der Waals surface area contributed by atoms with Crippen molar-refractivity contribution in [1.29, 1.82) is 0 Å². The van der Waals surface area contributed by atoms with Crippen LogP contribution in [-0.2, 0) is 35.6 Å². The van der Waals surface area contributed by atoms with Crippen molar-refractivity contribution in [3.8, 4) is 0 Å². The second-order valence-corrected chi connectivity index (χ2v) is 6.27. The van der Waals surface area contributed by atoms with E-state index in [1.807, 2.05) is 0 Å². The molecule has 136 valence electrons. The van der Waals surface area contributed by atoms with Gasteiger partial charge in [-0.3, -0.25) is 14.0 Å². The first-order chi connectivity index (χ1) is 11.6. The van der Waals surface area contributed by atoms with Crippen LogP contribution in [0.3, 0.4) is 0 Å². The molecule has 1 saturated heterocycles. The van der Waals surface area contributed by atoms with Crippen molar-refractivity contribution in [2.45, 2.75) is 18.6 Å². The molecule has 0 aromatic carbocycles. The van der Waals surface area contributed by atoms with Gasteiger partial charge in [-0.05, 0) is 0 Å². The van der Waals surface area contributed by atoms with Gasteiger partial charge in [0.05, 0.1) is 13.7 Å². The van der Waals surface area contributed by atoms with Gasteiger partial charge < -0.3 is 14.7 Å². The fourth-order valence-corrected chi connectivity index (χ4v) is 3.23. The van der Waals surface area contributed by atoms with Crippen LogP contribution in [0.25, 0.3) is 0 Å². The number of rotatable bonds is 5. The molecule has 3 heterocycles. The van der Waals surface area contributed by atoms with Gasteiger partial charge in [-0.2, -0.15) is 18.6 Å². The second kappa shape index (κ2) is 5.68. The first-order valence-corrected chi connectivity index (χ1v) is 8.12. The number of urea groups is 1. The monoisotopic (exact) mass is 376 g/mol. The number of carbonyl (C=O) groups is 3. The molecule has 2 bridgehead atoms. The van der Waals surface area contributed by atoms with Crippen LogP contribution in [0.15, 0.2) is 6.20 Å². The number of nitrogens with zero attached hydrogens (tertiary/aromatic N) is 4. The van der Waals surface area contributed by atoms with Crippen molar-refractivity contribution in [2.75, 3.05) is 13.7 Å². The van der Waals surface area contributed by atoms with E-state index in [1.54, 1.807) is 0 Å². The smallest absolute Gasteiger partial charge is 0.418 e. The Kier molecular flexibility index (Phi) is 3.89. The summed E-state index contributed by atoms with van der Waals surface area (Å²) in [5.41, 5.74) is 0.251. The average molecular weight is 376 g/mol. The van der Waals surface area contributed by atoms with E-state index in [0.717, 1.165) is 16.7 Å². The molecule has 1 aromatic rings. The van der Waals surface area contributed by atoms with Gasteiger partial charge in [0.1, 0.15) is 18.3 Å². The second-order valence-electron chi connectivity index (χ2n) is 5.27. The van der Waals surface area contributed by atoms with Crippen LogP contribution in [0, 0.1) is 0 Å². The number of ether oxygens (including phenoxy) is 1. The van der Waals surface area contributed by atoms with Gasteiger partial charge in [-0.1, -0.05) is 0 Å². The number of hydrogen-bond acceptors (Lipinski definition) is 8. The zero-order valence-electron chi connectivity index (χ0n) is 12.6. The lowest BCUT2D eigenvalue weighted by Crippen LogP contribution is -2.39. The minimum absolute atomic E-state index is 0.0409. The molecule has 1 aromatic heterocycles. The maximum Gasteiger partial charge on any atom is 0.418 e. The molecule has 13 nitrogen and oxygen atoms in total. The first-order valence-electron chi connectivity index (χ1n) is 6.76. The molecule has 0 aliphatic carbocycles. The number of esters is 1. The molecule has 25 heavy (non-hydrogen) atoms. The summed E-state index contributed by atoms with van der Waals surface area (Å²) in [4.78, 5) is 36.2. The maximum atomic E-state index is 12.3. The third kappa shape index (κ3) is 2.90. The number of aliphatic carboxylic acids is 1. The minimum Gasteiger partial charge on any atom is -0.480 e. The molecule has 0 spiro atoms. The van der Waals surface area contributed by atoms with Crippen LogP contribution in [0.5, 0.6) is 0 Å². The third-order valence-corrected chi connectivity index (χ3v) is 4.08. The van der Waals surface area contributed by atoms with E-state index in [9.17, 15) is 22.8 Å². The number of amides is 2. The summed E-state index contributed by atoms with van der Waals surface area (Å²) >= 11 is 0. The fourth-order valence-electron chi connectivity index (χ4n) is 2.86. The van der Waals surface area contributed by atoms with E-state index >= 15 is 0 Å². The normalized spacial score (nSPS) is 22.1. The van der Waals surface area contributed by atoms with Gasteiger partial charge in [0.25, 0.3) is 0 Å². The highest BCUT2D eigenvalue weighted by Crippen LogP contribution is 2.44. The maximum absolute atomic E-state index is 12.3. The molecule has 2 amide bonds. The lowest BCUT2D eigenvalue weighted by Gasteiger charge is -2.27. The summed E-state index contributed by atoms with van der Waals surface area (Å²) in [6.07, 6.45) is 1.26. The van der Waals surface area contributed by atoms with E-state index in [4.69, 9.17) is 9.66 Å². The molecule has 1 fully saturated rings. The quantitative estimate of drug-likeness (QED) is 0.465. The summed E-state index contributed by atoms with van der Waals surface area (Å²) in [6.45, 7) is -0.652. The zero-order chi connectivity index (χ0) is 18.5. The molecule has 2 aliphatic heterocycles. The fraction of sp³-hybridized carbons (Fsp3) is 0.455. The van der Waals surface area contributed by atoms with Crippen molar-refractivity contribution < 1.29 is 41.5 Å². The van der Waals surface area contributed by atoms with E-state index < -0.39 is 47.0 Å². The SMILES string of the molecule is COC(=O)C1c2nn(CC(=O)O)cc2C2CN1C(=O)N2OS(=O)(=O)O.